The average molecular weight is 379 g/mol. The third-order valence-corrected chi connectivity index (χ3v) is 3.90. The summed E-state index contributed by atoms with van der Waals surface area (Å²) < 4.78 is 27.6. The molecule has 128 valence electrons. The van der Waals surface area contributed by atoms with Crippen molar-refractivity contribution in [2.45, 2.75) is 6.54 Å². The van der Waals surface area contributed by atoms with Crippen LogP contribution in [0.15, 0.2) is 54.9 Å². The van der Waals surface area contributed by atoms with Crippen LogP contribution in [0.25, 0.3) is 0 Å². The lowest BCUT2D eigenvalue weighted by atomic mass is 10.2. The van der Waals surface area contributed by atoms with E-state index in [4.69, 9.17) is 23.8 Å². The third-order valence-electron chi connectivity index (χ3n) is 3.34. The topological polar surface area (TPSA) is 41.9 Å². The van der Waals surface area contributed by atoms with Gasteiger partial charge in [0.1, 0.15) is 11.6 Å². The minimum atomic E-state index is -0.381. The Morgan fingerprint density at radius 2 is 1.72 bits per heavy atom. The van der Waals surface area contributed by atoms with Crippen LogP contribution in [-0.2, 0) is 6.54 Å². The Kier molecular flexibility index (Phi) is 5.25. The zero-order valence-electron chi connectivity index (χ0n) is 12.8. The second kappa shape index (κ2) is 7.58. The SMILES string of the molecule is Fc1ccc(NC(=S)Nc2cnn(Cc3ccc(F)cc3Cl)c2)cc1. The van der Waals surface area contributed by atoms with Gasteiger partial charge in [0.2, 0.25) is 0 Å². The van der Waals surface area contributed by atoms with Gasteiger partial charge in [0, 0.05) is 16.9 Å². The molecular formula is C17H13ClF2N4S. The first kappa shape index (κ1) is 17.3. The molecule has 25 heavy (non-hydrogen) atoms. The Morgan fingerprint density at radius 1 is 1.04 bits per heavy atom. The minimum absolute atomic E-state index is 0.315. The molecule has 0 spiro atoms. The molecule has 0 aliphatic heterocycles. The van der Waals surface area contributed by atoms with Gasteiger partial charge in [0.15, 0.2) is 5.11 Å². The molecule has 0 bridgehead atoms. The van der Waals surface area contributed by atoms with Crippen molar-refractivity contribution >= 4 is 40.3 Å². The monoisotopic (exact) mass is 378 g/mol. The lowest BCUT2D eigenvalue weighted by molar-refractivity contribution is 0.624. The summed E-state index contributed by atoms with van der Waals surface area (Å²) in [6.45, 7) is 0.402. The van der Waals surface area contributed by atoms with Gasteiger partial charge in [0.05, 0.1) is 18.4 Å². The van der Waals surface area contributed by atoms with Gasteiger partial charge in [-0.2, -0.15) is 5.10 Å². The highest BCUT2D eigenvalue weighted by atomic mass is 35.5. The number of nitrogens with zero attached hydrogens (tertiary/aromatic N) is 2. The molecule has 3 rings (SSSR count). The van der Waals surface area contributed by atoms with E-state index < -0.39 is 0 Å². The lowest BCUT2D eigenvalue weighted by Crippen LogP contribution is -2.18. The summed E-state index contributed by atoms with van der Waals surface area (Å²) in [7, 11) is 0. The molecule has 0 aliphatic rings. The molecule has 1 aromatic heterocycles. The van der Waals surface area contributed by atoms with E-state index in [-0.39, 0.29) is 11.6 Å². The van der Waals surface area contributed by atoms with Gasteiger partial charge in [-0.3, -0.25) is 4.68 Å². The van der Waals surface area contributed by atoms with Crippen LogP contribution in [-0.4, -0.2) is 14.9 Å². The van der Waals surface area contributed by atoms with E-state index in [9.17, 15) is 8.78 Å². The van der Waals surface area contributed by atoms with Crippen LogP contribution in [0, 0.1) is 11.6 Å². The Morgan fingerprint density at radius 3 is 2.44 bits per heavy atom. The minimum Gasteiger partial charge on any atom is -0.332 e. The van der Waals surface area contributed by atoms with Gasteiger partial charge in [0.25, 0.3) is 0 Å². The van der Waals surface area contributed by atoms with Crippen molar-refractivity contribution in [2.24, 2.45) is 0 Å². The highest BCUT2D eigenvalue weighted by molar-refractivity contribution is 7.80. The third kappa shape index (κ3) is 4.74. The number of halogens is 3. The summed E-state index contributed by atoms with van der Waals surface area (Å²) in [4.78, 5) is 0. The van der Waals surface area contributed by atoms with Crippen LogP contribution in [0.3, 0.4) is 0 Å². The molecular weight excluding hydrogens is 366 g/mol. The predicted molar refractivity (Wildman–Crippen MR) is 99.0 cm³/mol. The van der Waals surface area contributed by atoms with Gasteiger partial charge in [-0.15, -0.1) is 0 Å². The first-order valence-electron chi connectivity index (χ1n) is 7.29. The number of thiocarbonyl (C=S) groups is 1. The molecule has 8 heteroatoms. The van der Waals surface area contributed by atoms with Gasteiger partial charge in [-0.05, 0) is 54.2 Å². The van der Waals surface area contributed by atoms with Crippen molar-refractivity contribution < 1.29 is 8.78 Å². The second-order valence-electron chi connectivity index (χ2n) is 5.25. The summed E-state index contributed by atoms with van der Waals surface area (Å²) >= 11 is 11.2. The molecule has 0 unspecified atom stereocenters. The fraction of sp³-hybridized carbons (Fsp3) is 0.0588. The smallest absolute Gasteiger partial charge is 0.175 e. The zero-order chi connectivity index (χ0) is 17.8. The molecule has 2 N–H and O–H groups in total. The molecule has 0 amide bonds. The number of aromatic nitrogens is 2. The molecule has 1 heterocycles. The first-order valence-corrected chi connectivity index (χ1v) is 8.08. The van der Waals surface area contributed by atoms with Crippen molar-refractivity contribution in [1.82, 2.24) is 9.78 Å². The molecule has 0 aliphatic carbocycles. The van der Waals surface area contributed by atoms with Crippen molar-refractivity contribution in [2.75, 3.05) is 10.6 Å². The number of hydrogen-bond acceptors (Lipinski definition) is 2. The number of rotatable bonds is 4. The summed E-state index contributed by atoms with van der Waals surface area (Å²) in [6.07, 6.45) is 3.36. The fourth-order valence-corrected chi connectivity index (χ4v) is 2.63. The van der Waals surface area contributed by atoms with Crippen molar-refractivity contribution in [3.8, 4) is 0 Å². The number of hydrogen-bond donors (Lipinski definition) is 2. The van der Waals surface area contributed by atoms with E-state index in [1.807, 2.05) is 0 Å². The quantitative estimate of drug-likeness (QED) is 0.647. The Bertz CT molecular complexity index is 896. The Balaban J connectivity index is 1.61. The first-order chi connectivity index (χ1) is 12.0. The summed E-state index contributed by atoms with van der Waals surface area (Å²) in [5.74, 6) is -0.695. The second-order valence-corrected chi connectivity index (χ2v) is 6.06. The maximum atomic E-state index is 13.1. The van der Waals surface area contributed by atoms with Gasteiger partial charge in [-0.1, -0.05) is 17.7 Å². The van der Waals surface area contributed by atoms with Crippen molar-refractivity contribution in [1.29, 1.82) is 0 Å². The zero-order valence-corrected chi connectivity index (χ0v) is 14.4. The van der Waals surface area contributed by atoms with Crippen LogP contribution < -0.4 is 10.6 Å². The summed E-state index contributed by atoms with van der Waals surface area (Å²) in [5, 5.41) is 10.8. The van der Waals surface area contributed by atoms with Crippen molar-refractivity contribution in [3.63, 3.8) is 0 Å². The van der Waals surface area contributed by atoms with Crippen LogP contribution >= 0.6 is 23.8 Å². The van der Waals surface area contributed by atoms with Crippen LogP contribution in [0.5, 0.6) is 0 Å². The fourth-order valence-electron chi connectivity index (χ4n) is 2.17. The summed E-state index contributed by atoms with van der Waals surface area (Å²) in [6, 6.07) is 10.1. The van der Waals surface area contributed by atoms with Crippen molar-refractivity contribution in [3.05, 3.63) is 77.1 Å². The Hall–Kier alpha value is -2.51. The van der Waals surface area contributed by atoms with Crippen LogP contribution in [0.1, 0.15) is 5.56 Å². The van der Waals surface area contributed by atoms with E-state index in [1.165, 1.54) is 24.3 Å². The maximum Gasteiger partial charge on any atom is 0.175 e. The highest BCUT2D eigenvalue weighted by Gasteiger charge is 2.06. The molecule has 4 nitrogen and oxygen atoms in total. The molecule has 0 fully saturated rings. The normalized spacial score (nSPS) is 10.5. The molecule has 0 saturated carbocycles. The van der Waals surface area contributed by atoms with E-state index in [2.05, 4.69) is 15.7 Å². The van der Waals surface area contributed by atoms with Gasteiger partial charge >= 0.3 is 0 Å². The van der Waals surface area contributed by atoms with Crippen LogP contribution in [0.2, 0.25) is 5.02 Å². The molecule has 0 radical (unpaired) electrons. The summed E-state index contributed by atoms with van der Waals surface area (Å²) in [5.41, 5.74) is 2.10. The number of nitrogens with one attached hydrogen (secondary N) is 2. The Labute approximate surface area is 153 Å². The van der Waals surface area contributed by atoms with E-state index >= 15 is 0 Å². The largest absolute Gasteiger partial charge is 0.332 e. The number of benzene rings is 2. The molecule has 0 atom stereocenters. The lowest BCUT2D eigenvalue weighted by Gasteiger charge is -2.08. The molecule has 0 saturated heterocycles. The van der Waals surface area contributed by atoms with E-state index in [1.54, 1.807) is 35.3 Å². The van der Waals surface area contributed by atoms with E-state index in [0.29, 0.717) is 28.1 Å². The highest BCUT2D eigenvalue weighted by Crippen LogP contribution is 2.19. The van der Waals surface area contributed by atoms with Gasteiger partial charge < -0.3 is 10.6 Å². The maximum absolute atomic E-state index is 13.1. The standard InChI is InChI=1S/C17H13ClF2N4S/c18-16-7-13(20)2-1-11(16)9-24-10-15(8-21-24)23-17(25)22-14-5-3-12(19)4-6-14/h1-8,10H,9H2,(H2,22,23,25). The van der Waals surface area contributed by atoms with E-state index in [0.717, 1.165) is 5.56 Å². The van der Waals surface area contributed by atoms with Crippen LogP contribution in [0.4, 0.5) is 20.2 Å². The number of anilines is 2. The molecule has 3 aromatic rings. The average Bonchev–Trinajstić information content (AvgIpc) is 2.99. The predicted octanol–water partition coefficient (Wildman–Crippen LogP) is 4.67. The molecule has 2 aromatic carbocycles. The van der Waals surface area contributed by atoms with Gasteiger partial charge in [-0.25, -0.2) is 8.78 Å².